The third-order valence-electron chi connectivity index (χ3n) is 6.01. The standard InChI is InChI=1S/C27H28N4O4/c1-17(2)31-26-21(16-29-31)20(27(32)28-11-10-18-6-4-5-7-23(18)33-3)15-22(30-26)19-8-9-24-25(14-19)35-13-12-34-24/h4-9,14-17H,10-13H2,1-3H3,(H,28,32). The van der Waals surface area contributed by atoms with Crippen molar-refractivity contribution in [1.82, 2.24) is 20.1 Å². The van der Waals surface area contributed by atoms with Gasteiger partial charge in [-0.1, -0.05) is 18.2 Å². The third-order valence-corrected chi connectivity index (χ3v) is 6.01. The molecule has 8 heteroatoms. The van der Waals surface area contributed by atoms with Crippen LogP contribution in [-0.4, -0.2) is 47.5 Å². The van der Waals surface area contributed by atoms with E-state index in [0.29, 0.717) is 54.6 Å². The van der Waals surface area contributed by atoms with Crippen LogP contribution >= 0.6 is 0 Å². The van der Waals surface area contributed by atoms with E-state index in [0.717, 1.165) is 22.3 Å². The van der Waals surface area contributed by atoms with Crippen molar-refractivity contribution in [2.24, 2.45) is 0 Å². The van der Waals surface area contributed by atoms with Crippen LogP contribution in [0.3, 0.4) is 0 Å². The van der Waals surface area contributed by atoms with Crippen molar-refractivity contribution in [3.8, 4) is 28.5 Å². The lowest BCUT2D eigenvalue weighted by atomic mass is 10.1. The first-order valence-corrected chi connectivity index (χ1v) is 11.7. The van der Waals surface area contributed by atoms with Gasteiger partial charge in [0.15, 0.2) is 17.1 Å². The third kappa shape index (κ3) is 4.51. The molecule has 1 aliphatic heterocycles. The molecular formula is C27H28N4O4. The molecule has 0 spiro atoms. The molecule has 2 aromatic heterocycles. The van der Waals surface area contributed by atoms with Gasteiger partial charge in [0.05, 0.1) is 30.0 Å². The molecule has 0 aliphatic carbocycles. The lowest BCUT2D eigenvalue weighted by Crippen LogP contribution is -2.26. The maximum Gasteiger partial charge on any atom is 0.252 e. The molecule has 8 nitrogen and oxygen atoms in total. The number of benzene rings is 2. The summed E-state index contributed by atoms with van der Waals surface area (Å²) in [5.74, 6) is 2.03. The van der Waals surface area contributed by atoms with Gasteiger partial charge in [0.1, 0.15) is 19.0 Å². The number of hydrogen-bond acceptors (Lipinski definition) is 6. The van der Waals surface area contributed by atoms with E-state index in [1.807, 2.05) is 67.1 Å². The van der Waals surface area contributed by atoms with Crippen LogP contribution in [-0.2, 0) is 6.42 Å². The molecule has 0 radical (unpaired) electrons. The van der Waals surface area contributed by atoms with Crippen molar-refractivity contribution in [1.29, 1.82) is 0 Å². The highest BCUT2D eigenvalue weighted by Crippen LogP contribution is 2.35. The number of hydrogen-bond donors (Lipinski definition) is 1. The first kappa shape index (κ1) is 22.7. The molecule has 1 N–H and O–H groups in total. The SMILES string of the molecule is COc1ccccc1CCNC(=O)c1cc(-c2ccc3c(c2)OCCO3)nc2c1cnn2C(C)C. The molecule has 5 rings (SSSR count). The number of nitrogens with one attached hydrogen (secondary N) is 1. The summed E-state index contributed by atoms with van der Waals surface area (Å²) in [4.78, 5) is 18.2. The van der Waals surface area contributed by atoms with Crippen molar-refractivity contribution in [2.75, 3.05) is 26.9 Å². The molecule has 35 heavy (non-hydrogen) atoms. The molecule has 0 saturated heterocycles. The van der Waals surface area contributed by atoms with Gasteiger partial charge in [0, 0.05) is 18.2 Å². The van der Waals surface area contributed by atoms with Gasteiger partial charge >= 0.3 is 0 Å². The zero-order valence-electron chi connectivity index (χ0n) is 20.1. The van der Waals surface area contributed by atoms with Gasteiger partial charge < -0.3 is 19.5 Å². The fourth-order valence-electron chi connectivity index (χ4n) is 4.25. The van der Waals surface area contributed by atoms with Gasteiger partial charge in [-0.25, -0.2) is 9.67 Å². The van der Waals surface area contributed by atoms with Crippen molar-refractivity contribution in [3.05, 3.63) is 65.9 Å². The van der Waals surface area contributed by atoms with Gasteiger partial charge in [-0.05, 0) is 56.2 Å². The van der Waals surface area contributed by atoms with E-state index < -0.39 is 0 Å². The van der Waals surface area contributed by atoms with E-state index in [-0.39, 0.29) is 11.9 Å². The molecule has 2 aromatic carbocycles. The summed E-state index contributed by atoms with van der Waals surface area (Å²) >= 11 is 0. The summed E-state index contributed by atoms with van der Waals surface area (Å²) in [6.07, 6.45) is 2.37. The minimum atomic E-state index is -0.172. The van der Waals surface area contributed by atoms with Crippen LogP contribution in [0.15, 0.2) is 54.7 Å². The van der Waals surface area contributed by atoms with Crippen molar-refractivity contribution in [2.45, 2.75) is 26.3 Å². The lowest BCUT2D eigenvalue weighted by Gasteiger charge is -2.19. The van der Waals surface area contributed by atoms with Gasteiger partial charge in [0.25, 0.3) is 5.91 Å². The normalized spacial score (nSPS) is 12.7. The van der Waals surface area contributed by atoms with Crippen molar-refractivity contribution < 1.29 is 19.0 Å². The molecule has 0 unspecified atom stereocenters. The lowest BCUT2D eigenvalue weighted by molar-refractivity contribution is 0.0955. The maximum atomic E-state index is 13.3. The number of ether oxygens (including phenoxy) is 3. The molecule has 1 amide bonds. The predicted molar refractivity (Wildman–Crippen MR) is 133 cm³/mol. The minimum absolute atomic E-state index is 0.0944. The first-order valence-electron chi connectivity index (χ1n) is 11.7. The summed E-state index contributed by atoms with van der Waals surface area (Å²) in [6, 6.07) is 15.4. The zero-order chi connectivity index (χ0) is 24.4. The average molecular weight is 473 g/mol. The second-order valence-corrected chi connectivity index (χ2v) is 8.65. The molecule has 1 aliphatic rings. The number of amides is 1. The maximum absolute atomic E-state index is 13.3. The molecular weight excluding hydrogens is 444 g/mol. The topological polar surface area (TPSA) is 87.5 Å². The van der Waals surface area contributed by atoms with Crippen LogP contribution in [0.1, 0.15) is 35.8 Å². The van der Waals surface area contributed by atoms with Crippen LogP contribution in [0.2, 0.25) is 0 Å². The summed E-state index contributed by atoms with van der Waals surface area (Å²) in [5.41, 5.74) is 3.76. The Hall–Kier alpha value is -4.07. The predicted octanol–water partition coefficient (Wildman–Crippen LogP) is 4.43. The van der Waals surface area contributed by atoms with Gasteiger partial charge in [-0.3, -0.25) is 4.79 Å². The quantitative estimate of drug-likeness (QED) is 0.428. The van der Waals surface area contributed by atoms with Crippen LogP contribution < -0.4 is 19.5 Å². The molecule has 0 atom stereocenters. The van der Waals surface area contributed by atoms with E-state index in [2.05, 4.69) is 10.4 Å². The Balaban J connectivity index is 1.47. The van der Waals surface area contributed by atoms with Crippen molar-refractivity contribution in [3.63, 3.8) is 0 Å². The first-order chi connectivity index (χ1) is 17.0. The number of carbonyl (C=O) groups is 1. The van der Waals surface area contributed by atoms with E-state index in [1.165, 1.54) is 0 Å². The molecule has 0 bridgehead atoms. The fraction of sp³-hybridized carbons (Fsp3) is 0.296. The Kier molecular flexibility index (Phi) is 6.27. The van der Waals surface area contributed by atoms with E-state index >= 15 is 0 Å². The van der Waals surface area contributed by atoms with E-state index in [1.54, 1.807) is 13.3 Å². The van der Waals surface area contributed by atoms with E-state index in [4.69, 9.17) is 19.2 Å². The fourth-order valence-corrected chi connectivity index (χ4v) is 4.25. The Morgan fingerprint density at radius 2 is 1.91 bits per heavy atom. The smallest absolute Gasteiger partial charge is 0.252 e. The Morgan fingerprint density at radius 1 is 1.11 bits per heavy atom. The highest BCUT2D eigenvalue weighted by atomic mass is 16.6. The Morgan fingerprint density at radius 3 is 2.71 bits per heavy atom. The monoisotopic (exact) mass is 472 g/mol. The number of nitrogens with zero attached hydrogens (tertiary/aromatic N) is 3. The number of rotatable bonds is 7. The zero-order valence-corrected chi connectivity index (χ0v) is 20.1. The molecule has 0 saturated carbocycles. The molecule has 0 fully saturated rings. The van der Waals surface area contributed by atoms with Crippen LogP contribution in [0.5, 0.6) is 17.2 Å². The second-order valence-electron chi connectivity index (χ2n) is 8.65. The average Bonchev–Trinajstić information content (AvgIpc) is 3.32. The van der Waals surface area contributed by atoms with Crippen LogP contribution in [0.25, 0.3) is 22.3 Å². The highest BCUT2D eigenvalue weighted by molar-refractivity contribution is 6.06. The number of aromatic nitrogens is 3. The second kappa shape index (κ2) is 9.66. The summed E-state index contributed by atoms with van der Waals surface area (Å²) in [5, 5.41) is 8.28. The number of fused-ring (bicyclic) bond motifs is 2. The number of pyridine rings is 1. The van der Waals surface area contributed by atoms with E-state index in [9.17, 15) is 4.79 Å². The minimum Gasteiger partial charge on any atom is -0.496 e. The molecule has 4 aromatic rings. The van der Waals surface area contributed by atoms with Crippen molar-refractivity contribution >= 4 is 16.9 Å². The Bertz CT molecular complexity index is 1380. The number of para-hydroxylation sites is 1. The van der Waals surface area contributed by atoms with Gasteiger partial charge in [0.2, 0.25) is 0 Å². The number of carbonyl (C=O) groups excluding carboxylic acids is 1. The summed E-state index contributed by atoms with van der Waals surface area (Å²) in [6.45, 7) is 5.59. The number of methoxy groups -OCH3 is 1. The van der Waals surface area contributed by atoms with Crippen LogP contribution in [0, 0.1) is 0 Å². The molecule has 180 valence electrons. The Labute approximate surface area is 203 Å². The van der Waals surface area contributed by atoms with Gasteiger partial charge in [-0.15, -0.1) is 0 Å². The summed E-state index contributed by atoms with van der Waals surface area (Å²) < 4.78 is 18.7. The van der Waals surface area contributed by atoms with Gasteiger partial charge in [-0.2, -0.15) is 5.10 Å². The molecule has 3 heterocycles. The highest BCUT2D eigenvalue weighted by Gasteiger charge is 2.20. The van der Waals surface area contributed by atoms with Crippen LogP contribution in [0.4, 0.5) is 0 Å². The summed E-state index contributed by atoms with van der Waals surface area (Å²) in [7, 11) is 1.65. The largest absolute Gasteiger partial charge is 0.496 e.